The highest BCUT2D eigenvalue weighted by atomic mass is 16.5. The molecule has 0 atom stereocenters. The first kappa shape index (κ1) is 17.7. The molecule has 0 aliphatic carbocycles. The van der Waals surface area contributed by atoms with E-state index in [4.69, 9.17) is 4.74 Å². The molecule has 5 nitrogen and oxygen atoms in total. The monoisotopic (exact) mass is 348 g/mol. The van der Waals surface area contributed by atoms with Gasteiger partial charge < -0.3 is 15.4 Å². The zero-order valence-corrected chi connectivity index (χ0v) is 15.4. The van der Waals surface area contributed by atoms with E-state index in [-0.39, 0.29) is 0 Å². The molecule has 5 heteroatoms. The number of nitrogens with zero attached hydrogens (tertiary/aromatic N) is 2. The van der Waals surface area contributed by atoms with E-state index in [1.165, 1.54) is 0 Å². The topological polar surface area (TPSA) is 59.1 Å². The minimum Gasteiger partial charge on any atom is -0.455 e. The molecule has 0 saturated heterocycles. The van der Waals surface area contributed by atoms with Gasteiger partial charge in [-0.15, -0.1) is 0 Å². The summed E-state index contributed by atoms with van der Waals surface area (Å²) >= 11 is 0. The number of hydrogen-bond acceptors (Lipinski definition) is 5. The number of nitrogens with one attached hydrogen (secondary N) is 2. The summed E-state index contributed by atoms with van der Waals surface area (Å²) in [7, 11) is 0. The molecule has 2 aromatic carbocycles. The van der Waals surface area contributed by atoms with E-state index in [1.807, 2.05) is 67.6 Å². The number of anilines is 3. The van der Waals surface area contributed by atoms with Crippen molar-refractivity contribution in [3.05, 3.63) is 66.4 Å². The highest BCUT2D eigenvalue weighted by Gasteiger charge is 2.08. The second-order valence-corrected chi connectivity index (χ2v) is 6.53. The summed E-state index contributed by atoms with van der Waals surface area (Å²) in [4.78, 5) is 9.05. The van der Waals surface area contributed by atoms with Crippen LogP contribution in [-0.4, -0.2) is 16.5 Å². The van der Waals surface area contributed by atoms with Crippen LogP contribution in [0.1, 0.15) is 19.5 Å². The number of rotatable bonds is 7. The average molecular weight is 348 g/mol. The smallest absolute Gasteiger partial charge is 0.229 e. The van der Waals surface area contributed by atoms with Crippen LogP contribution in [0.5, 0.6) is 11.5 Å². The van der Waals surface area contributed by atoms with Gasteiger partial charge in [0, 0.05) is 18.3 Å². The second-order valence-electron chi connectivity index (χ2n) is 6.53. The van der Waals surface area contributed by atoms with Crippen LogP contribution < -0.4 is 15.4 Å². The van der Waals surface area contributed by atoms with Crippen molar-refractivity contribution in [3.8, 4) is 11.5 Å². The van der Waals surface area contributed by atoms with Gasteiger partial charge >= 0.3 is 0 Å². The SMILES string of the molecule is Cc1cc(NCC(C)C)nc(Nc2ccccc2Oc2ccccc2)n1. The number of benzene rings is 2. The minimum absolute atomic E-state index is 0.542. The van der Waals surface area contributed by atoms with Crippen molar-refractivity contribution < 1.29 is 4.74 Å². The van der Waals surface area contributed by atoms with Crippen LogP contribution in [0.2, 0.25) is 0 Å². The lowest BCUT2D eigenvalue weighted by atomic mass is 10.2. The summed E-state index contributed by atoms with van der Waals surface area (Å²) in [6, 6.07) is 19.4. The molecule has 0 aliphatic heterocycles. The van der Waals surface area contributed by atoms with Crippen LogP contribution in [0, 0.1) is 12.8 Å². The molecule has 0 fully saturated rings. The lowest BCUT2D eigenvalue weighted by Crippen LogP contribution is -2.11. The lowest BCUT2D eigenvalue weighted by molar-refractivity contribution is 0.485. The van der Waals surface area contributed by atoms with Gasteiger partial charge in [0.25, 0.3) is 0 Å². The van der Waals surface area contributed by atoms with Crippen molar-refractivity contribution in [1.29, 1.82) is 0 Å². The Hall–Kier alpha value is -3.08. The predicted molar refractivity (Wildman–Crippen MR) is 106 cm³/mol. The van der Waals surface area contributed by atoms with Gasteiger partial charge in [-0.1, -0.05) is 44.2 Å². The molecular weight excluding hydrogens is 324 g/mol. The summed E-state index contributed by atoms with van der Waals surface area (Å²) in [5.74, 6) is 3.41. The first-order valence-corrected chi connectivity index (χ1v) is 8.78. The van der Waals surface area contributed by atoms with E-state index < -0.39 is 0 Å². The Bertz CT molecular complexity index is 850. The number of ether oxygens (including phenoxy) is 1. The number of aromatic nitrogens is 2. The zero-order valence-electron chi connectivity index (χ0n) is 15.4. The summed E-state index contributed by atoms with van der Waals surface area (Å²) in [6.07, 6.45) is 0. The Balaban J connectivity index is 1.81. The molecule has 0 radical (unpaired) electrons. The number of para-hydroxylation sites is 3. The van der Waals surface area contributed by atoms with Crippen LogP contribution in [0.25, 0.3) is 0 Å². The Kier molecular flexibility index (Phi) is 5.69. The third-order valence-electron chi connectivity index (χ3n) is 3.65. The molecule has 0 unspecified atom stereocenters. The second kappa shape index (κ2) is 8.34. The van der Waals surface area contributed by atoms with Gasteiger partial charge in [0.05, 0.1) is 5.69 Å². The van der Waals surface area contributed by atoms with E-state index in [2.05, 4.69) is 34.4 Å². The fraction of sp³-hybridized carbons (Fsp3) is 0.238. The summed E-state index contributed by atoms with van der Waals surface area (Å²) in [6.45, 7) is 7.15. The maximum Gasteiger partial charge on any atom is 0.229 e. The van der Waals surface area contributed by atoms with E-state index in [9.17, 15) is 0 Å². The fourth-order valence-electron chi connectivity index (χ4n) is 2.42. The predicted octanol–water partition coefficient (Wildman–Crippen LogP) is 5.39. The molecule has 2 N–H and O–H groups in total. The van der Waals surface area contributed by atoms with Crippen molar-refractivity contribution in [3.63, 3.8) is 0 Å². The Morgan fingerprint density at radius 3 is 2.46 bits per heavy atom. The fourth-order valence-corrected chi connectivity index (χ4v) is 2.42. The minimum atomic E-state index is 0.542. The third-order valence-corrected chi connectivity index (χ3v) is 3.65. The molecule has 0 aliphatic rings. The number of aryl methyl sites for hydroxylation is 1. The lowest BCUT2D eigenvalue weighted by Gasteiger charge is -2.14. The van der Waals surface area contributed by atoms with Gasteiger partial charge in [0.15, 0.2) is 5.75 Å². The van der Waals surface area contributed by atoms with Crippen LogP contribution in [0.15, 0.2) is 60.7 Å². The molecule has 0 saturated carbocycles. The maximum atomic E-state index is 5.99. The molecule has 0 bridgehead atoms. The summed E-state index contributed by atoms with van der Waals surface area (Å²) in [5, 5.41) is 6.62. The molecule has 0 amide bonds. The summed E-state index contributed by atoms with van der Waals surface area (Å²) < 4.78 is 5.99. The maximum absolute atomic E-state index is 5.99. The van der Waals surface area contributed by atoms with Gasteiger partial charge in [-0.05, 0) is 37.1 Å². The van der Waals surface area contributed by atoms with E-state index in [0.717, 1.165) is 35.2 Å². The van der Waals surface area contributed by atoms with Crippen LogP contribution in [-0.2, 0) is 0 Å². The highest BCUT2D eigenvalue weighted by molar-refractivity contribution is 5.64. The van der Waals surface area contributed by atoms with Gasteiger partial charge in [-0.2, -0.15) is 4.98 Å². The molecule has 1 heterocycles. The van der Waals surface area contributed by atoms with Crippen molar-refractivity contribution in [2.24, 2.45) is 5.92 Å². The average Bonchev–Trinajstić information content (AvgIpc) is 2.62. The quantitative estimate of drug-likeness (QED) is 0.599. The van der Waals surface area contributed by atoms with Gasteiger partial charge in [-0.3, -0.25) is 0 Å². The molecule has 0 spiro atoms. The van der Waals surface area contributed by atoms with Gasteiger partial charge in [-0.25, -0.2) is 4.98 Å². The molecular formula is C21H24N4O. The van der Waals surface area contributed by atoms with Crippen LogP contribution >= 0.6 is 0 Å². The normalized spacial score (nSPS) is 10.6. The largest absolute Gasteiger partial charge is 0.455 e. The van der Waals surface area contributed by atoms with Crippen molar-refractivity contribution >= 4 is 17.5 Å². The molecule has 3 aromatic rings. The van der Waals surface area contributed by atoms with E-state index in [1.54, 1.807) is 0 Å². The standard InChI is InChI=1S/C21H24N4O/c1-15(2)14-22-20-13-16(3)23-21(25-20)24-18-11-7-8-12-19(18)26-17-9-5-4-6-10-17/h4-13,15H,14H2,1-3H3,(H2,22,23,24,25). The Labute approximate surface area is 154 Å². The van der Waals surface area contributed by atoms with Gasteiger partial charge in [0.1, 0.15) is 11.6 Å². The molecule has 134 valence electrons. The van der Waals surface area contributed by atoms with E-state index >= 15 is 0 Å². The highest BCUT2D eigenvalue weighted by Crippen LogP contribution is 2.30. The number of hydrogen-bond donors (Lipinski definition) is 2. The van der Waals surface area contributed by atoms with Crippen molar-refractivity contribution in [1.82, 2.24) is 9.97 Å². The third kappa shape index (κ3) is 4.96. The van der Waals surface area contributed by atoms with E-state index in [0.29, 0.717) is 11.9 Å². The Morgan fingerprint density at radius 1 is 0.962 bits per heavy atom. The van der Waals surface area contributed by atoms with Crippen molar-refractivity contribution in [2.75, 3.05) is 17.2 Å². The molecule has 3 rings (SSSR count). The Morgan fingerprint density at radius 2 is 1.69 bits per heavy atom. The molecule has 1 aromatic heterocycles. The van der Waals surface area contributed by atoms with Crippen LogP contribution in [0.3, 0.4) is 0 Å². The van der Waals surface area contributed by atoms with Crippen molar-refractivity contribution in [2.45, 2.75) is 20.8 Å². The first-order valence-electron chi connectivity index (χ1n) is 8.78. The summed E-state index contributed by atoms with van der Waals surface area (Å²) in [5.41, 5.74) is 1.71. The first-order chi connectivity index (χ1) is 12.6. The molecule has 26 heavy (non-hydrogen) atoms. The van der Waals surface area contributed by atoms with Crippen LogP contribution in [0.4, 0.5) is 17.5 Å². The zero-order chi connectivity index (χ0) is 18.4. The van der Waals surface area contributed by atoms with Gasteiger partial charge in [0.2, 0.25) is 5.95 Å².